The maximum absolute atomic E-state index is 13.4. The maximum Gasteiger partial charge on any atom is 0.267 e. The summed E-state index contributed by atoms with van der Waals surface area (Å²) in [5, 5.41) is 13.2. The van der Waals surface area contributed by atoms with E-state index in [1.165, 1.54) is 6.21 Å². The minimum Gasteiger partial charge on any atom is -0.346 e. The Labute approximate surface area is 254 Å². The zero-order valence-electron chi connectivity index (χ0n) is 24.8. The van der Waals surface area contributed by atoms with Crippen LogP contribution in [-0.4, -0.2) is 59.9 Å². The van der Waals surface area contributed by atoms with Crippen LogP contribution >= 0.6 is 0 Å². The van der Waals surface area contributed by atoms with Crippen LogP contribution in [0.25, 0.3) is 39.1 Å². The number of hydrogen-bond acceptors (Lipinski definition) is 7. The number of amides is 1. The number of benzene rings is 1. The molecule has 6 heterocycles. The van der Waals surface area contributed by atoms with Crippen LogP contribution in [0.1, 0.15) is 58.1 Å². The molecule has 10 heteroatoms. The summed E-state index contributed by atoms with van der Waals surface area (Å²) in [4.78, 5) is 41.8. The molecular weight excluding hydrogens is 552 g/mol. The lowest BCUT2D eigenvalue weighted by atomic mass is 9.73. The smallest absolute Gasteiger partial charge is 0.267 e. The van der Waals surface area contributed by atoms with Crippen molar-refractivity contribution in [3.05, 3.63) is 83.0 Å². The zero-order valence-corrected chi connectivity index (χ0v) is 24.8. The first-order chi connectivity index (χ1) is 21.5. The van der Waals surface area contributed by atoms with E-state index in [1.54, 1.807) is 29.2 Å². The monoisotopic (exact) mass is 586 g/mol. The summed E-state index contributed by atoms with van der Waals surface area (Å²) in [5.74, 6) is -0.108. The van der Waals surface area contributed by atoms with Crippen LogP contribution in [0.5, 0.6) is 0 Å². The van der Waals surface area contributed by atoms with E-state index in [2.05, 4.69) is 34.1 Å². The van der Waals surface area contributed by atoms with Gasteiger partial charge in [-0.1, -0.05) is 56.7 Å². The fraction of sp³-hybridized carbons (Fsp3) is 0.324. The molecule has 2 fully saturated rings. The van der Waals surface area contributed by atoms with Crippen molar-refractivity contribution in [1.82, 2.24) is 29.5 Å². The normalized spacial score (nSPS) is 21.7. The van der Waals surface area contributed by atoms with Crippen molar-refractivity contribution in [2.24, 2.45) is 10.2 Å². The lowest BCUT2D eigenvalue weighted by Gasteiger charge is -2.44. The van der Waals surface area contributed by atoms with Gasteiger partial charge in [-0.2, -0.15) is 19.8 Å². The molecule has 5 aromatic rings. The van der Waals surface area contributed by atoms with Gasteiger partial charge >= 0.3 is 0 Å². The van der Waals surface area contributed by atoms with E-state index >= 15 is 0 Å². The van der Waals surface area contributed by atoms with E-state index in [1.807, 2.05) is 53.6 Å². The predicted molar refractivity (Wildman–Crippen MR) is 172 cm³/mol. The summed E-state index contributed by atoms with van der Waals surface area (Å²) in [5.41, 5.74) is 5.16. The van der Waals surface area contributed by atoms with Crippen LogP contribution < -0.4 is 5.43 Å². The number of piperidine rings is 1. The second-order valence-corrected chi connectivity index (χ2v) is 12.0. The number of unbranched alkanes of at least 4 members (excludes halogenated alkanes) is 1. The Hall–Kier alpha value is -4.99. The van der Waals surface area contributed by atoms with E-state index in [9.17, 15) is 9.59 Å². The van der Waals surface area contributed by atoms with Gasteiger partial charge in [-0.25, -0.2) is 4.98 Å². The molecule has 0 radical (unpaired) electrons. The Morgan fingerprint density at radius 2 is 1.84 bits per heavy atom. The second-order valence-electron chi connectivity index (χ2n) is 12.0. The van der Waals surface area contributed by atoms with Crippen LogP contribution in [0, 0.1) is 0 Å². The van der Waals surface area contributed by atoms with E-state index in [-0.39, 0.29) is 23.4 Å². The highest BCUT2D eigenvalue weighted by molar-refractivity contribution is 6.26. The van der Waals surface area contributed by atoms with Crippen molar-refractivity contribution < 1.29 is 4.79 Å². The van der Waals surface area contributed by atoms with Gasteiger partial charge in [-0.3, -0.25) is 14.6 Å². The Kier molecular flexibility index (Phi) is 7.12. The topological polar surface area (TPSA) is 121 Å². The van der Waals surface area contributed by atoms with Crippen molar-refractivity contribution in [2.45, 2.75) is 69.9 Å². The largest absolute Gasteiger partial charge is 0.346 e. The summed E-state index contributed by atoms with van der Waals surface area (Å²) < 4.78 is 1.72. The van der Waals surface area contributed by atoms with Gasteiger partial charge in [0, 0.05) is 58.9 Å². The summed E-state index contributed by atoms with van der Waals surface area (Å²) >= 11 is 0. The minimum atomic E-state index is -0.426. The lowest BCUT2D eigenvalue weighted by molar-refractivity contribution is -0.128. The molecule has 2 saturated heterocycles. The molecule has 7 rings (SSSR count). The van der Waals surface area contributed by atoms with Crippen molar-refractivity contribution in [3.63, 3.8) is 0 Å². The Balaban J connectivity index is 1.27. The highest BCUT2D eigenvalue weighted by Crippen LogP contribution is 2.48. The number of aromatic nitrogens is 5. The molecule has 2 unspecified atom stereocenters. The molecule has 1 amide bonds. The first kappa shape index (κ1) is 27.8. The highest BCUT2D eigenvalue weighted by atomic mass is 16.2. The second kappa shape index (κ2) is 11.3. The van der Waals surface area contributed by atoms with Crippen molar-refractivity contribution in [2.75, 3.05) is 0 Å². The Morgan fingerprint density at radius 1 is 1.05 bits per heavy atom. The van der Waals surface area contributed by atoms with E-state index in [0.717, 1.165) is 53.8 Å². The fourth-order valence-electron chi connectivity index (χ4n) is 7.03. The number of nitrogens with zero attached hydrogens (tertiary/aromatic N) is 7. The molecule has 0 aliphatic carbocycles. The summed E-state index contributed by atoms with van der Waals surface area (Å²) in [7, 11) is 0. The predicted octanol–water partition coefficient (Wildman–Crippen LogP) is 5.57. The average Bonchev–Trinajstić information content (AvgIpc) is 3.60. The molecule has 2 atom stereocenters. The number of H-pyrrole nitrogens is 1. The number of fused-ring (bicyclic) bond motifs is 5. The quantitative estimate of drug-likeness (QED) is 0.198. The van der Waals surface area contributed by atoms with Gasteiger partial charge in [0.2, 0.25) is 0 Å². The lowest BCUT2D eigenvalue weighted by Crippen LogP contribution is -2.51. The van der Waals surface area contributed by atoms with Gasteiger partial charge in [0.25, 0.3) is 5.91 Å². The molecule has 0 saturated carbocycles. The molecule has 44 heavy (non-hydrogen) atoms. The molecular formula is C34H34N8O2. The number of rotatable bonds is 7. The van der Waals surface area contributed by atoms with E-state index in [4.69, 9.17) is 9.97 Å². The molecule has 10 nitrogen and oxygen atoms in total. The van der Waals surface area contributed by atoms with Crippen LogP contribution in [0.15, 0.2) is 82.1 Å². The molecule has 1 aromatic carbocycles. The molecule has 0 spiro atoms. The van der Waals surface area contributed by atoms with Crippen LogP contribution in [0.3, 0.4) is 0 Å². The SMILES string of the molecule is CCCC=NN=CC(=O)N1C2CCC1CC(C)(c1nc3c(-c4ccc(-c5ccccc5)nc4)cnn3c3[nH]ccc(=O)c13)C2. The summed E-state index contributed by atoms with van der Waals surface area (Å²) in [6.45, 7) is 4.25. The molecule has 4 aromatic heterocycles. The molecule has 2 bridgehead atoms. The number of carbonyl (C=O) groups excluding carboxylic acids is 1. The Bertz CT molecular complexity index is 1950. The van der Waals surface area contributed by atoms with Gasteiger partial charge in [0.15, 0.2) is 11.1 Å². The van der Waals surface area contributed by atoms with Gasteiger partial charge in [-0.05, 0) is 38.2 Å². The van der Waals surface area contributed by atoms with Gasteiger partial charge in [0.1, 0.15) is 11.9 Å². The van der Waals surface area contributed by atoms with Gasteiger partial charge in [0.05, 0.1) is 23.0 Å². The summed E-state index contributed by atoms with van der Waals surface area (Å²) in [6, 6.07) is 15.7. The number of carbonyl (C=O) groups is 1. The number of nitrogens with one attached hydrogen (secondary N) is 1. The maximum atomic E-state index is 13.4. The molecule has 2 aliphatic rings. The third-order valence-corrected chi connectivity index (χ3v) is 9.04. The summed E-state index contributed by atoms with van der Waals surface area (Å²) in [6.07, 6.45) is 13.4. The third-order valence-electron chi connectivity index (χ3n) is 9.04. The van der Waals surface area contributed by atoms with Crippen LogP contribution in [0.4, 0.5) is 0 Å². The zero-order chi connectivity index (χ0) is 30.3. The fourth-order valence-corrected chi connectivity index (χ4v) is 7.03. The molecule has 222 valence electrons. The van der Waals surface area contributed by atoms with Crippen LogP contribution in [-0.2, 0) is 10.2 Å². The third kappa shape index (κ3) is 4.80. The van der Waals surface area contributed by atoms with Crippen molar-refractivity contribution >= 4 is 35.0 Å². The molecule has 1 N–H and O–H groups in total. The van der Waals surface area contributed by atoms with Crippen molar-refractivity contribution in [3.8, 4) is 22.4 Å². The minimum absolute atomic E-state index is 0.0345. The van der Waals surface area contributed by atoms with E-state index in [0.29, 0.717) is 29.5 Å². The standard InChI is InChI=1S/C34H34N8O2/c1-3-4-15-37-38-21-29(44)41-24-11-12-25(41)18-34(2,17-24)31-30-28(43)14-16-35-33(30)42-32(40-31)26(20-39-42)23-10-13-27(36-19-23)22-8-6-5-7-9-22/h5-10,13-16,19-21,24-25H,3-4,11-12,17-18H2,1-2H3,(H,35,43). The van der Waals surface area contributed by atoms with E-state index < -0.39 is 5.41 Å². The highest BCUT2D eigenvalue weighted by Gasteiger charge is 2.49. The molecule has 2 aliphatic heterocycles. The number of aromatic amines is 1. The first-order valence-corrected chi connectivity index (χ1v) is 15.3. The van der Waals surface area contributed by atoms with Crippen LogP contribution in [0.2, 0.25) is 0 Å². The van der Waals surface area contributed by atoms with Gasteiger partial charge < -0.3 is 9.88 Å². The van der Waals surface area contributed by atoms with Crippen molar-refractivity contribution in [1.29, 1.82) is 0 Å². The first-order valence-electron chi connectivity index (χ1n) is 15.3. The van der Waals surface area contributed by atoms with Gasteiger partial charge in [-0.15, -0.1) is 0 Å². The number of pyridine rings is 2. The Morgan fingerprint density at radius 3 is 2.57 bits per heavy atom. The number of hydrogen-bond donors (Lipinski definition) is 1. The average molecular weight is 587 g/mol.